The van der Waals surface area contributed by atoms with Gasteiger partial charge in [0, 0.05) is 6.42 Å². The summed E-state index contributed by atoms with van der Waals surface area (Å²) >= 11 is 3.70. The van der Waals surface area contributed by atoms with Crippen LogP contribution in [0.2, 0.25) is 0 Å². The van der Waals surface area contributed by atoms with Crippen LogP contribution >= 0.6 is 12.6 Å². The summed E-state index contributed by atoms with van der Waals surface area (Å²) in [6.07, 6.45) is 0.150. The Morgan fingerprint density at radius 2 is 2.00 bits per heavy atom. The number of rotatable bonds is 3. The van der Waals surface area contributed by atoms with Gasteiger partial charge in [-0.05, 0) is 6.92 Å². The number of hydrogen-bond donors (Lipinski definition) is 2. The van der Waals surface area contributed by atoms with Gasteiger partial charge in [0.25, 0.3) is 5.91 Å². The van der Waals surface area contributed by atoms with E-state index < -0.39 is 22.9 Å². The average Bonchev–Trinajstić information content (AvgIpc) is 2.11. The van der Waals surface area contributed by atoms with Crippen molar-refractivity contribution < 1.29 is 50.2 Å². The van der Waals surface area contributed by atoms with Gasteiger partial charge in [-0.25, -0.2) is 4.79 Å². The van der Waals surface area contributed by atoms with Gasteiger partial charge in [0.05, 0.1) is 0 Å². The molecule has 5 nitrogen and oxygen atoms in total. The maximum absolute atomic E-state index is 10.9. The van der Waals surface area contributed by atoms with Gasteiger partial charge in [-0.15, -0.1) is 0 Å². The van der Waals surface area contributed by atoms with E-state index in [1.807, 2.05) is 5.48 Å². The van der Waals surface area contributed by atoms with Gasteiger partial charge in [-0.3, -0.25) is 9.59 Å². The molecule has 0 aromatic rings. The fourth-order valence-electron chi connectivity index (χ4n) is 0.420. The second kappa shape index (κ2) is 8.28. The molecule has 14 heavy (non-hydrogen) atoms. The molecule has 0 bridgehead atoms. The maximum atomic E-state index is 10.9. The SMILES string of the molecule is CCC(=O)ONC(=O)C(S)C(C)=O.[H-].[Na+]. The predicted molar refractivity (Wildman–Crippen MR) is 49.1 cm³/mol. The molecule has 0 radical (unpaired) electrons. The first-order valence-corrected chi connectivity index (χ1v) is 4.18. The zero-order valence-corrected chi connectivity index (χ0v) is 11.3. The molecule has 0 aliphatic carbocycles. The number of hydroxylamine groups is 1. The minimum atomic E-state index is -1.09. The maximum Gasteiger partial charge on any atom is 1.00 e. The molecule has 0 heterocycles. The number of thiol groups is 1. The van der Waals surface area contributed by atoms with Crippen LogP contribution in [0.3, 0.4) is 0 Å². The molecule has 0 aromatic carbocycles. The molecule has 0 saturated carbocycles. The summed E-state index contributed by atoms with van der Waals surface area (Å²) in [5.41, 5.74) is 1.83. The van der Waals surface area contributed by atoms with Crippen molar-refractivity contribution in [2.75, 3.05) is 0 Å². The Morgan fingerprint density at radius 3 is 2.36 bits per heavy atom. The molecule has 0 rings (SSSR count). The minimum absolute atomic E-state index is 0. The summed E-state index contributed by atoms with van der Waals surface area (Å²) in [6.45, 7) is 2.80. The number of ketones is 1. The van der Waals surface area contributed by atoms with Gasteiger partial charge in [-0.2, -0.15) is 18.1 Å². The number of carbonyl (C=O) groups excluding carboxylic acids is 3. The number of nitrogens with one attached hydrogen (secondary N) is 1. The van der Waals surface area contributed by atoms with Gasteiger partial charge in [0.1, 0.15) is 5.25 Å². The van der Waals surface area contributed by atoms with Crippen LogP contribution in [-0.2, 0) is 19.2 Å². The Balaban J connectivity index is -0.000000720. The Labute approximate surface area is 111 Å². The van der Waals surface area contributed by atoms with Crippen molar-refractivity contribution in [3.8, 4) is 0 Å². The fraction of sp³-hybridized carbons (Fsp3) is 0.571. The molecule has 1 atom stereocenters. The Morgan fingerprint density at radius 1 is 1.50 bits per heavy atom. The first-order valence-electron chi connectivity index (χ1n) is 3.67. The van der Waals surface area contributed by atoms with E-state index in [9.17, 15) is 14.4 Å². The largest absolute Gasteiger partial charge is 1.00 e. The first kappa shape index (κ1) is 16.4. The predicted octanol–water partition coefficient (Wildman–Crippen LogP) is -3.03. The molecular weight excluding hydrogens is 217 g/mol. The van der Waals surface area contributed by atoms with E-state index in [0.717, 1.165) is 0 Å². The molecule has 1 N–H and O–H groups in total. The molecule has 0 aliphatic heterocycles. The van der Waals surface area contributed by atoms with Gasteiger partial charge < -0.3 is 6.26 Å². The van der Waals surface area contributed by atoms with Gasteiger partial charge in [0.2, 0.25) is 0 Å². The van der Waals surface area contributed by atoms with Crippen LogP contribution in [0.4, 0.5) is 0 Å². The van der Waals surface area contributed by atoms with Gasteiger partial charge >= 0.3 is 35.5 Å². The molecule has 1 amide bonds. The van der Waals surface area contributed by atoms with Crippen molar-refractivity contribution >= 4 is 30.3 Å². The van der Waals surface area contributed by atoms with E-state index in [1.165, 1.54) is 6.92 Å². The number of hydrogen-bond acceptors (Lipinski definition) is 5. The van der Waals surface area contributed by atoms with Crippen molar-refractivity contribution in [2.45, 2.75) is 25.5 Å². The van der Waals surface area contributed by atoms with Crippen LogP contribution in [0, 0.1) is 0 Å². The van der Waals surface area contributed by atoms with E-state index in [2.05, 4.69) is 17.5 Å². The van der Waals surface area contributed by atoms with Crippen molar-refractivity contribution in [1.82, 2.24) is 5.48 Å². The molecule has 1 unspecified atom stereocenters. The van der Waals surface area contributed by atoms with E-state index in [1.54, 1.807) is 6.92 Å². The van der Waals surface area contributed by atoms with Gasteiger partial charge in [0.15, 0.2) is 5.78 Å². The van der Waals surface area contributed by atoms with E-state index in [4.69, 9.17) is 0 Å². The normalized spacial score (nSPS) is 10.8. The van der Waals surface area contributed by atoms with Crippen molar-refractivity contribution in [3.63, 3.8) is 0 Å². The summed E-state index contributed by atoms with van der Waals surface area (Å²) in [6, 6.07) is 0. The van der Waals surface area contributed by atoms with Crippen LogP contribution in [0.15, 0.2) is 0 Å². The number of carbonyl (C=O) groups is 3. The molecule has 0 spiro atoms. The smallest absolute Gasteiger partial charge is 1.00 e. The second-order valence-corrected chi connectivity index (χ2v) is 2.82. The molecular formula is C7H12NNaO4S. The van der Waals surface area contributed by atoms with E-state index in [-0.39, 0.29) is 37.4 Å². The average molecular weight is 229 g/mol. The summed E-state index contributed by atoms with van der Waals surface area (Å²) in [5.74, 6) is -1.72. The molecule has 76 valence electrons. The quantitative estimate of drug-likeness (QED) is 0.234. The Kier molecular flexibility index (Phi) is 9.70. The zero-order chi connectivity index (χ0) is 10.4. The summed E-state index contributed by atoms with van der Waals surface area (Å²) in [4.78, 5) is 36.4. The van der Waals surface area contributed by atoms with Crippen LogP contribution < -0.4 is 35.0 Å². The summed E-state index contributed by atoms with van der Waals surface area (Å²) in [5, 5.41) is -1.09. The second-order valence-electron chi connectivity index (χ2n) is 2.31. The third kappa shape index (κ3) is 6.42. The van der Waals surface area contributed by atoms with Gasteiger partial charge in [-0.1, -0.05) is 6.92 Å². The zero-order valence-electron chi connectivity index (χ0n) is 9.36. The molecule has 0 fully saturated rings. The Hall–Kier alpha value is -0.0400. The molecule has 0 aliphatic rings. The molecule has 0 aromatic heterocycles. The van der Waals surface area contributed by atoms with E-state index >= 15 is 0 Å². The van der Waals surface area contributed by atoms with Crippen LogP contribution in [0.5, 0.6) is 0 Å². The topological polar surface area (TPSA) is 72.5 Å². The van der Waals surface area contributed by atoms with Crippen molar-refractivity contribution in [3.05, 3.63) is 0 Å². The van der Waals surface area contributed by atoms with Crippen LogP contribution in [0.1, 0.15) is 21.7 Å². The first-order chi connectivity index (χ1) is 5.99. The number of Topliss-reactive ketones (excluding diaryl/α,β-unsaturated/α-hetero) is 1. The van der Waals surface area contributed by atoms with Crippen molar-refractivity contribution in [2.24, 2.45) is 0 Å². The monoisotopic (exact) mass is 229 g/mol. The fourth-order valence-corrected chi connectivity index (χ4v) is 0.473. The van der Waals surface area contributed by atoms with Crippen LogP contribution in [-0.4, -0.2) is 22.9 Å². The number of amides is 1. The molecule has 0 saturated heterocycles. The minimum Gasteiger partial charge on any atom is -1.00 e. The third-order valence-corrected chi connectivity index (χ3v) is 1.79. The summed E-state index contributed by atoms with van der Waals surface area (Å²) < 4.78 is 0. The molecule has 7 heteroatoms. The van der Waals surface area contributed by atoms with E-state index in [0.29, 0.717) is 0 Å². The standard InChI is InChI=1S/C7H11NO4S.Na.H/c1-3-5(10)12-8-7(11)6(13)4(2)9;;/h6,13H,3H2,1-2H3,(H,8,11);;/q;+1;-1. The summed E-state index contributed by atoms with van der Waals surface area (Å²) in [7, 11) is 0. The van der Waals surface area contributed by atoms with Crippen molar-refractivity contribution in [1.29, 1.82) is 0 Å². The Bertz CT molecular complexity index is 239. The third-order valence-electron chi connectivity index (χ3n) is 1.19. The van der Waals surface area contributed by atoms with Crippen LogP contribution in [0.25, 0.3) is 0 Å².